The van der Waals surface area contributed by atoms with Gasteiger partial charge < -0.3 is 24.3 Å². The van der Waals surface area contributed by atoms with Crippen LogP contribution in [0.2, 0.25) is 0 Å². The first-order valence-electron chi connectivity index (χ1n) is 16.1. The van der Waals surface area contributed by atoms with Crippen LogP contribution in [-0.2, 0) is 17.6 Å². The number of aryl methyl sites for hydroxylation is 1. The smallest absolute Gasteiger partial charge is 0.335 e. The number of aromatic carboxylic acids is 1. The highest BCUT2D eigenvalue weighted by atomic mass is 16.5. The lowest BCUT2D eigenvalue weighted by atomic mass is 9.88. The monoisotopic (exact) mass is 600 g/mol. The van der Waals surface area contributed by atoms with Crippen molar-refractivity contribution in [3.8, 4) is 11.5 Å². The van der Waals surface area contributed by atoms with E-state index < -0.39 is 5.97 Å². The number of unbranched alkanes of at least 4 members (excludes halogenated alkanes) is 3. The highest BCUT2D eigenvalue weighted by Crippen LogP contribution is 2.29. The standard InChI is InChI=1S/C37H48N2O5/c1-43-36-15-7-5-13-34(36)39-25-23-38(24-26-39)22-8-10-28-44-35-14-6-4-12-32(35)19-16-30(11-3-2-9-27-40)29-31-17-20-33(21-18-31)37(41)42/h4-7,12-15,17-18,20-21,27,30H,2-3,8-11,16,19,22-26,28-29H2,1H3,(H,41,42). The summed E-state index contributed by atoms with van der Waals surface area (Å²) in [6.07, 6.45) is 9.56. The molecule has 1 aliphatic rings. The van der Waals surface area contributed by atoms with Gasteiger partial charge in [-0.2, -0.15) is 0 Å². The molecular formula is C37H48N2O5. The summed E-state index contributed by atoms with van der Waals surface area (Å²) in [5.74, 6) is 1.47. The molecule has 3 aromatic carbocycles. The van der Waals surface area contributed by atoms with Gasteiger partial charge in [0.25, 0.3) is 0 Å². The van der Waals surface area contributed by atoms with Crippen LogP contribution < -0.4 is 14.4 Å². The second-order valence-electron chi connectivity index (χ2n) is 11.7. The summed E-state index contributed by atoms with van der Waals surface area (Å²) in [6, 6.07) is 23.9. The van der Waals surface area contributed by atoms with Crippen LogP contribution in [-0.4, -0.2) is 68.7 Å². The van der Waals surface area contributed by atoms with Crippen molar-refractivity contribution < 1.29 is 24.2 Å². The number of benzene rings is 3. The average Bonchev–Trinajstić information content (AvgIpc) is 3.06. The van der Waals surface area contributed by atoms with Gasteiger partial charge in [-0.25, -0.2) is 4.79 Å². The molecule has 0 amide bonds. The molecule has 0 bridgehead atoms. The molecule has 3 aromatic rings. The van der Waals surface area contributed by atoms with Gasteiger partial charge in [0, 0.05) is 32.6 Å². The molecule has 0 saturated carbocycles. The summed E-state index contributed by atoms with van der Waals surface area (Å²) in [5.41, 5.74) is 3.88. The Morgan fingerprint density at radius 3 is 2.32 bits per heavy atom. The number of anilines is 1. The Labute approximate surface area is 262 Å². The third-order valence-corrected chi connectivity index (χ3v) is 8.63. The second kappa shape index (κ2) is 18.1. The number of ether oxygens (including phenoxy) is 2. The van der Waals surface area contributed by atoms with E-state index in [9.17, 15) is 14.7 Å². The maximum Gasteiger partial charge on any atom is 0.335 e. The van der Waals surface area contributed by atoms with E-state index in [1.807, 2.05) is 30.3 Å². The number of methoxy groups -OCH3 is 1. The lowest BCUT2D eigenvalue weighted by Gasteiger charge is -2.36. The Balaban J connectivity index is 1.20. The predicted molar refractivity (Wildman–Crippen MR) is 176 cm³/mol. The number of carboxylic acid groups (broad SMARTS) is 1. The molecule has 1 heterocycles. The van der Waals surface area contributed by atoms with E-state index in [0.717, 1.165) is 107 Å². The van der Waals surface area contributed by atoms with E-state index in [1.54, 1.807) is 19.2 Å². The zero-order valence-corrected chi connectivity index (χ0v) is 26.2. The Morgan fingerprint density at radius 1 is 0.864 bits per heavy atom. The van der Waals surface area contributed by atoms with Crippen LogP contribution in [0, 0.1) is 5.92 Å². The minimum atomic E-state index is -0.901. The molecule has 0 aliphatic carbocycles. The fraction of sp³-hybridized carbons (Fsp3) is 0.459. The Hall–Kier alpha value is -3.84. The summed E-state index contributed by atoms with van der Waals surface area (Å²) in [6.45, 7) is 5.93. The normalized spacial score (nSPS) is 14.2. The van der Waals surface area contributed by atoms with Crippen molar-refractivity contribution in [2.24, 2.45) is 5.92 Å². The van der Waals surface area contributed by atoms with Crippen molar-refractivity contribution >= 4 is 17.9 Å². The molecule has 7 heteroatoms. The van der Waals surface area contributed by atoms with Gasteiger partial charge in [-0.3, -0.25) is 4.90 Å². The van der Waals surface area contributed by atoms with Crippen molar-refractivity contribution in [2.75, 3.05) is 51.3 Å². The molecule has 1 fully saturated rings. The van der Waals surface area contributed by atoms with E-state index >= 15 is 0 Å². The SMILES string of the molecule is COc1ccccc1N1CCN(CCCCOc2ccccc2CCC(CCCCC=O)Cc2ccc(C(=O)O)cc2)CC1. The minimum absolute atomic E-state index is 0.314. The fourth-order valence-corrected chi connectivity index (χ4v) is 6.06. The number of hydrogen-bond acceptors (Lipinski definition) is 6. The number of aldehydes is 1. The number of rotatable bonds is 19. The highest BCUT2D eigenvalue weighted by Gasteiger charge is 2.19. The summed E-state index contributed by atoms with van der Waals surface area (Å²) in [4.78, 5) is 27.0. The summed E-state index contributed by atoms with van der Waals surface area (Å²) < 4.78 is 11.8. The Kier molecular flexibility index (Phi) is 13.6. The Morgan fingerprint density at radius 2 is 1.59 bits per heavy atom. The largest absolute Gasteiger partial charge is 0.495 e. The van der Waals surface area contributed by atoms with Crippen LogP contribution in [0.4, 0.5) is 5.69 Å². The van der Waals surface area contributed by atoms with Crippen LogP contribution in [0.5, 0.6) is 11.5 Å². The summed E-state index contributed by atoms with van der Waals surface area (Å²) >= 11 is 0. The number of piperazine rings is 1. The van der Waals surface area contributed by atoms with Gasteiger partial charge in [0.15, 0.2) is 0 Å². The van der Waals surface area contributed by atoms with Gasteiger partial charge in [-0.1, -0.05) is 55.3 Å². The molecule has 1 saturated heterocycles. The molecule has 1 aliphatic heterocycles. The van der Waals surface area contributed by atoms with E-state index in [2.05, 4.69) is 40.1 Å². The number of carboxylic acids is 1. The first kappa shape index (κ1) is 33.1. The first-order chi connectivity index (χ1) is 21.6. The summed E-state index contributed by atoms with van der Waals surface area (Å²) in [7, 11) is 1.74. The average molecular weight is 601 g/mol. The second-order valence-corrected chi connectivity index (χ2v) is 11.7. The maximum atomic E-state index is 11.2. The molecular weight excluding hydrogens is 552 g/mol. The van der Waals surface area contributed by atoms with Crippen molar-refractivity contribution in [3.05, 3.63) is 89.5 Å². The molecule has 4 rings (SSSR count). The van der Waals surface area contributed by atoms with Crippen molar-refractivity contribution in [1.29, 1.82) is 0 Å². The van der Waals surface area contributed by atoms with Crippen LogP contribution in [0.3, 0.4) is 0 Å². The molecule has 1 N–H and O–H groups in total. The van der Waals surface area contributed by atoms with Crippen molar-refractivity contribution in [1.82, 2.24) is 4.90 Å². The maximum absolute atomic E-state index is 11.2. The lowest BCUT2D eigenvalue weighted by Crippen LogP contribution is -2.46. The lowest BCUT2D eigenvalue weighted by molar-refractivity contribution is -0.107. The highest BCUT2D eigenvalue weighted by molar-refractivity contribution is 5.87. The van der Waals surface area contributed by atoms with E-state index in [1.165, 1.54) is 11.3 Å². The molecule has 236 valence electrons. The number of carbonyl (C=O) groups excluding carboxylic acids is 1. The van der Waals surface area contributed by atoms with Crippen LogP contribution in [0.25, 0.3) is 0 Å². The molecule has 44 heavy (non-hydrogen) atoms. The molecule has 1 atom stereocenters. The fourth-order valence-electron chi connectivity index (χ4n) is 6.06. The van der Waals surface area contributed by atoms with E-state index in [-0.39, 0.29) is 0 Å². The van der Waals surface area contributed by atoms with Crippen molar-refractivity contribution in [3.63, 3.8) is 0 Å². The Bertz CT molecular complexity index is 1290. The van der Waals surface area contributed by atoms with Gasteiger partial charge in [0.1, 0.15) is 17.8 Å². The van der Waals surface area contributed by atoms with Gasteiger partial charge in [0.2, 0.25) is 0 Å². The number of nitrogens with zero attached hydrogens (tertiary/aromatic N) is 2. The molecule has 0 radical (unpaired) electrons. The third kappa shape index (κ3) is 10.4. The molecule has 7 nitrogen and oxygen atoms in total. The number of hydrogen-bond donors (Lipinski definition) is 1. The van der Waals surface area contributed by atoms with Crippen LogP contribution in [0.15, 0.2) is 72.8 Å². The first-order valence-corrected chi connectivity index (χ1v) is 16.1. The van der Waals surface area contributed by atoms with Gasteiger partial charge >= 0.3 is 5.97 Å². The molecule has 0 aromatic heterocycles. The van der Waals surface area contributed by atoms with E-state index in [0.29, 0.717) is 24.5 Å². The quantitative estimate of drug-likeness (QED) is 0.118. The molecule has 1 unspecified atom stereocenters. The van der Waals surface area contributed by atoms with Gasteiger partial charge in [-0.15, -0.1) is 0 Å². The van der Waals surface area contributed by atoms with E-state index in [4.69, 9.17) is 9.47 Å². The summed E-state index contributed by atoms with van der Waals surface area (Å²) in [5, 5.41) is 9.22. The number of carbonyl (C=O) groups is 2. The van der Waals surface area contributed by atoms with Crippen LogP contribution >= 0.6 is 0 Å². The van der Waals surface area contributed by atoms with Gasteiger partial charge in [0.05, 0.1) is 25.0 Å². The van der Waals surface area contributed by atoms with Gasteiger partial charge in [-0.05, 0) is 92.4 Å². The topological polar surface area (TPSA) is 79.3 Å². The zero-order valence-electron chi connectivity index (χ0n) is 26.2. The van der Waals surface area contributed by atoms with Crippen LogP contribution in [0.1, 0.15) is 66.4 Å². The minimum Gasteiger partial charge on any atom is -0.495 e. The third-order valence-electron chi connectivity index (χ3n) is 8.63. The van der Waals surface area contributed by atoms with Crippen molar-refractivity contribution in [2.45, 2.75) is 57.8 Å². The number of para-hydroxylation sites is 3. The predicted octanol–water partition coefficient (Wildman–Crippen LogP) is 6.93. The zero-order chi connectivity index (χ0) is 31.0. The molecule has 0 spiro atoms.